The first-order chi connectivity index (χ1) is 15.8. The topological polar surface area (TPSA) is 49.4 Å². The molecule has 33 heavy (non-hydrogen) atoms. The van der Waals surface area contributed by atoms with Gasteiger partial charge in [-0.2, -0.15) is 0 Å². The molecule has 0 spiro atoms. The molecule has 1 aliphatic carbocycles. The second kappa shape index (κ2) is 12.6. The molecule has 1 aliphatic rings. The van der Waals surface area contributed by atoms with Crippen molar-refractivity contribution < 1.29 is 9.59 Å². The van der Waals surface area contributed by atoms with Crippen LogP contribution in [0.5, 0.6) is 0 Å². The average Bonchev–Trinajstić information content (AvgIpc) is 3.27. The fourth-order valence-electron chi connectivity index (χ4n) is 3.80. The van der Waals surface area contributed by atoms with Crippen LogP contribution in [-0.4, -0.2) is 34.6 Å². The van der Waals surface area contributed by atoms with Crippen LogP contribution in [0.4, 0.5) is 0 Å². The zero-order chi connectivity index (χ0) is 24.0. The molecule has 1 unspecified atom stereocenters. The van der Waals surface area contributed by atoms with Gasteiger partial charge in [-0.15, -0.1) is 11.8 Å². The number of carbonyl (C=O) groups excluding carboxylic acids is 2. The van der Waals surface area contributed by atoms with E-state index in [2.05, 4.69) is 5.32 Å². The van der Waals surface area contributed by atoms with Gasteiger partial charge in [0.25, 0.3) is 0 Å². The molecule has 9 heteroatoms. The molecule has 0 radical (unpaired) electrons. The third kappa shape index (κ3) is 7.43. The Morgan fingerprint density at radius 2 is 1.73 bits per heavy atom. The molecule has 3 rings (SSSR count). The number of hydrogen-bond acceptors (Lipinski definition) is 3. The lowest BCUT2D eigenvalue weighted by molar-refractivity contribution is -0.138. The van der Waals surface area contributed by atoms with Gasteiger partial charge < -0.3 is 10.2 Å². The Balaban J connectivity index is 1.71. The van der Waals surface area contributed by atoms with E-state index in [0.29, 0.717) is 31.4 Å². The Hall–Kier alpha value is -1.11. The lowest BCUT2D eigenvalue weighted by atomic mass is 10.1. The highest BCUT2D eigenvalue weighted by Gasteiger charge is 2.29. The van der Waals surface area contributed by atoms with Crippen molar-refractivity contribution in [3.8, 4) is 0 Å². The van der Waals surface area contributed by atoms with Crippen LogP contribution in [0.3, 0.4) is 0 Å². The smallest absolute Gasteiger partial charge is 0.242 e. The summed E-state index contributed by atoms with van der Waals surface area (Å²) in [6.45, 7) is 1.90. The lowest BCUT2D eigenvalue weighted by Gasteiger charge is -2.30. The highest BCUT2D eigenvalue weighted by molar-refractivity contribution is 7.99. The van der Waals surface area contributed by atoms with E-state index in [1.165, 1.54) is 11.8 Å². The molecule has 1 saturated carbocycles. The Morgan fingerprint density at radius 3 is 2.36 bits per heavy atom. The van der Waals surface area contributed by atoms with Gasteiger partial charge in [0.2, 0.25) is 11.8 Å². The summed E-state index contributed by atoms with van der Waals surface area (Å²) in [6, 6.07) is 10.0. The van der Waals surface area contributed by atoms with Gasteiger partial charge in [0.05, 0.1) is 5.75 Å². The normalized spacial score (nSPS) is 14.8. The maximum Gasteiger partial charge on any atom is 0.242 e. The summed E-state index contributed by atoms with van der Waals surface area (Å²) in [7, 11) is 0. The number of rotatable bonds is 9. The van der Waals surface area contributed by atoms with Gasteiger partial charge in [-0.3, -0.25) is 9.59 Å². The van der Waals surface area contributed by atoms with Gasteiger partial charge in [0.1, 0.15) is 6.04 Å². The lowest BCUT2D eigenvalue weighted by Crippen LogP contribution is -2.50. The molecule has 1 fully saturated rings. The summed E-state index contributed by atoms with van der Waals surface area (Å²) in [5.74, 6) is 0.395. The second-order valence-electron chi connectivity index (χ2n) is 8.12. The first-order valence-corrected chi connectivity index (χ1v) is 13.5. The molecule has 1 N–H and O–H groups in total. The van der Waals surface area contributed by atoms with Crippen LogP contribution >= 0.6 is 58.2 Å². The van der Waals surface area contributed by atoms with Crippen molar-refractivity contribution in [1.29, 1.82) is 0 Å². The van der Waals surface area contributed by atoms with Crippen molar-refractivity contribution in [2.75, 3.05) is 5.75 Å². The first kappa shape index (κ1) is 26.5. The van der Waals surface area contributed by atoms with Gasteiger partial charge in [-0.1, -0.05) is 71.4 Å². The fourth-order valence-corrected chi connectivity index (χ4v) is 5.78. The number of nitrogens with one attached hydrogen (secondary N) is 1. The number of nitrogens with zero attached hydrogens (tertiary/aromatic N) is 1. The average molecular weight is 548 g/mol. The van der Waals surface area contributed by atoms with Gasteiger partial charge in [-0.05, 0) is 49.6 Å². The van der Waals surface area contributed by atoms with E-state index in [1.54, 1.807) is 42.2 Å². The van der Waals surface area contributed by atoms with E-state index in [0.717, 1.165) is 31.2 Å². The van der Waals surface area contributed by atoms with Crippen LogP contribution in [0, 0.1) is 0 Å². The van der Waals surface area contributed by atoms with E-state index in [-0.39, 0.29) is 30.2 Å². The maximum absolute atomic E-state index is 13.3. The highest BCUT2D eigenvalue weighted by Crippen LogP contribution is 2.28. The monoisotopic (exact) mass is 546 g/mol. The van der Waals surface area contributed by atoms with Crippen molar-refractivity contribution in [2.24, 2.45) is 0 Å². The minimum Gasteiger partial charge on any atom is -0.352 e. The minimum absolute atomic E-state index is 0.152. The summed E-state index contributed by atoms with van der Waals surface area (Å²) in [6.07, 6.45) is 4.17. The number of thioether (sulfide) groups is 1. The summed E-state index contributed by atoms with van der Waals surface area (Å²) < 4.78 is 0. The van der Waals surface area contributed by atoms with Gasteiger partial charge in [0, 0.05) is 44.0 Å². The molecule has 1 atom stereocenters. The van der Waals surface area contributed by atoms with E-state index in [4.69, 9.17) is 46.4 Å². The Kier molecular flexibility index (Phi) is 10.1. The molecule has 0 saturated heterocycles. The van der Waals surface area contributed by atoms with Crippen molar-refractivity contribution in [3.05, 3.63) is 67.6 Å². The Labute approximate surface area is 219 Å². The SMILES string of the molecule is CC(C(=O)NC1CCCC1)N(Cc1c(Cl)cccc1Cl)C(=O)CSCc1ccc(Cl)cc1Cl. The molecule has 2 aromatic carbocycles. The molecule has 4 nitrogen and oxygen atoms in total. The molecule has 0 aliphatic heterocycles. The van der Waals surface area contributed by atoms with E-state index >= 15 is 0 Å². The zero-order valence-corrected chi connectivity index (χ0v) is 22.1. The number of benzene rings is 2. The van der Waals surface area contributed by atoms with Crippen LogP contribution in [0.2, 0.25) is 20.1 Å². The third-order valence-electron chi connectivity index (χ3n) is 5.76. The second-order valence-corrected chi connectivity index (χ2v) is 10.8. The first-order valence-electron chi connectivity index (χ1n) is 10.8. The van der Waals surface area contributed by atoms with Crippen molar-refractivity contribution in [1.82, 2.24) is 10.2 Å². The summed E-state index contributed by atoms with van der Waals surface area (Å²) in [5.41, 5.74) is 1.52. The summed E-state index contributed by atoms with van der Waals surface area (Å²) >= 11 is 26.4. The number of amides is 2. The largest absolute Gasteiger partial charge is 0.352 e. The number of hydrogen-bond donors (Lipinski definition) is 1. The molecule has 2 amide bonds. The van der Waals surface area contributed by atoms with Crippen molar-refractivity contribution in [3.63, 3.8) is 0 Å². The maximum atomic E-state index is 13.3. The Bertz CT molecular complexity index is 978. The third-order valence-corrected chi connectivity index (χ3v) is 8.02. The molecule has 0 aromatic heterocycles. The molecular weight excluding hydrogens is 522 g/mol. The molecule has 0 heterocycles. The standard InChI is InChI=1S/C24H26Cl4N2O2S/c1-15(24(32)29-18-5-2-3-6-18)30(12-19-20(26)7-4-8-21(19)27)23(31)14-33-13-16-9-10-17(25)11-22(16)28/h4,7-11,15,18H,2-3,5-6,12-14H2,1H3,(H,29,32). The number of halogens is 4. The van der Waals surface area contributed by atoms with Gasteiger partial charge in [-0.25, -0.2) is 0 Å². The van der Waals surface area contributed by atoms with Crippen molar-refractivity contribution in [2.45, 2.75) is 57.0 Å². The summed E-state index contributed by atoms with van der Waals surface area (Å²) in [5, 5.41) is 5.14. The van der Waals surface area contributed by atoms with Gasteiger partial charge >= 0.3 is 0 Å². The van der Waals surface area contributed by atoms with Crippen LogP contribution in [0.1, 0.15) is 43.7 Å². The zero-order valence-electron chi connectivity index (χ0n) is 18.3. The van der Waals surface area contributed by atoms with E-state index in [1.807, 2.05) is 6.07 Å². The van der Waals surface area contributed by atoms with Crippen LogP contribution in [0.15, 0.2) is 36.4 Å². The van der Waals surface area contributed by atoms with Gasteiger partial charge in [0.15, 0.2) is 0 Å². The van der Waals surface area contributed by atoms with Crippen LogP contribution in [-0.2, 0) is 21.9 Å². The van der Waals surface area contributed by atoms with Crippen LogP contribution in [0.25, 0.3) is 0 Å². The van der Waals surface area contributed by atoms with Crippen molar-refractivity contribution >= 4 is 70.0 Å². The Morgan fingerprint density at radius 1 is 1.06 bits per heavy atom. The molecular formula is C24H26Cl4N2O2S. The van der Waals surface area contributed by atoms with E-state index < -0.39 is 6.04 Å². The predicted molar refractivity (Wildman–Crippen MR) is 139 cm³/mol. The fraction of sp³-hybridized carbons (Fsp3) is 0.417. The summed E-state index contributed by atoms with van der Waals surface area (Å²) in [4.78, 5) is 27.8. The van der Waals surface area contributed by atoms with E-state index in [9.17, 15) is 9.59 Å². The highest BCUT2D eigenvalue weighted by atomic mass is 35.5. The molecule has 178 valence electrons. The quantitative estimate of drug-likeness (QED) is 0.367. The molecule has 0 bridgehead atoms. The molecule has 2 aromatic rings. The predicted octanol–water partition coefficient (Wildman–Crippen LogP) is 7.01. The number of carbonyl (C=O) groups is 2. The van der Waals surface area contributed by atoms with Crippen LogP contribution < -0.4 is 5.32 Å². The minimum atomic E-state index is -0.662.